The maximum Gasteiger partial charge on any atom is 0.343 e. The summed E-state index contributed by atoms with van der Waals surface area (Å²) < 4.78 is 28.1. The highest BCUT2D eigenvalue weighted by molar-refractivity contribution is 5.91. The van der Waals surface area contributed by atoms with Crippen LogP contribution in [0.15, 0.2) is 78.9 Å². The van der Waals surface area contributed by atoms with E-state index in [4.69, 9.17) is 23.7 Å². The van der Waals surface area contributed by atoms with Crippen LogP contribution in [0.3, 0.4) is 0 Å². The minimum atomic E-state index is -1.01. The summed E-state index contributed by atoms with van der Waals surface area (Å²) in [5.74, 6) is -1.86. The average molecular weight is 562 g/mol. The quantitative estimate of drug-likeness (QED) is 0.216. The van der Waals surface area contributed by atoms with Gasteiger partial charge in [0, 0.05) is 13.8 Å². The topological polar surface area (TPSA) is 118 Å². The first kappa shape index (κ1) is 29.3. The van der Waals surface area contributed by atoms with Gasteiger partial charge in [0.1, 0.15) is 6.61 Å². The van der Waals surface area contributed by atoms with Gasteiger partial charge < -0.3 is 23.7 Å². The first-order valence-electron chi connectivity index (χ1n) is 12.9. The minimum absolute atomic E-state index is 0.119. The lowest BCUT2D eigenvalue weighted by molar-refractivity contribution is -0.154. The number of esters is 4. The highest BCUT2D eigenvalue weighted by atomic mass is 16.6. The Morgan fingerprint density at radius 3 is 1.90 bits per heavy atom. The van der Waals surface area contributed by atoms with Crippen molar-refractivity contribution >= 4 is 23.9 Å². The van der Waals surface area contributed by atoms with Gasteiger partial charge in [-0.25, -0.2) is 9.59 Å². The van der Waals surface area contributed by atoms with Gasteiger partial charge in [-0.15, -0.1) is 0 Å². The first-order chi connectivity index (χ1) is 19.7. The molecule has 0 aliphatic carbocycles. The minimum Gasteiger partial charge on any atom is -0.493 e. The Morgan fingerprint density at radius 1 is 0.732 bits per heavy atom. The molecule has 0 N–H and O–H groups in total. The van der Waals surface area contributed by atoms with Crippen LogP contribution < -0.4 is 9.47 Å². The van der Waals surface area contributed by atoms with Crippen molar-refractivity contribution in [3.05, 3.63) is 95.6 Å². The number of ether oxygens (including phenoxy) is 5. The molecule has 0 radical (unpaired) electrons. The van der Waals surface area contributed by atoms with E-state index >= 15 is 0 Å². The van der Waals surface area contributed by atoms with Crippen LogP contribution in [0.5, 0.6) is 11.5 Å². The van der Waals surface area contributed by atoms with Crippen molar-refractivity contribution in [2.24, 2.45) is 0 Å². The summed E-state index contributed by atoms with van der Waals surface area (Å²) in [6.07, 6.45) is -1.99. The van der Waals surface area contributed by atoms with Gasteiger partial charge in [0.25, 0.3) is 0 Å². The predicted molar refractivity (Wildman–Crippen MR) is 147 cm³/mol. The van der Waals surface area contributed by atoms with E-state index in [0.29, 0.717) is 22.4 Å². The Balaban J connectivity index is 1.75. The van der Waals surface area contributed by atoms with Gasteiger partial charge in [-0.3, -0.25) is 14.5 Å². The van der Waals surface area contributed by atoms with E-state index in [1.54, 1.807) is 85.9 Å². The van der Waals surface area contributed by atoms with Crippen molar-refractivity contribution in [2.75, 3.05) is 20.8 Å². The maximum atomic E-state index is 13.2. The zero-order chi connectivity index (χ0) is 29.5. The zero-order valence-electron chi connectivity index (χ0n) is 23.1. The third kappa shape index (κ3) is 6.90. The van der Waals surface area contributed by atoms with E-state index in [9.17, 15) is 19.2 Å². The molecule has 214 valence electrons. The largest absolute Gasteiger partial charge is 0.493 e. The summed E-state index contributed by atoms with van der Waals surface area (Å²) in [7, 11) is 3.19. The number of nitrogens with zero attached hydrogens (tertiary/aromatic N) is 1. The monoisotopic (exact) mass is 561 g/mol. The molecule has 1 aliphatic rings. The van der Waals surface area contributed by atoms with Crippen molar-refractivity contribution in [3.8, 4) is 11.5 Å². The molecular formula is C31H31NO9. The standard InChI is InChI=1S/C31H31NO9/c1-19(33)38-18-24-28(39-20(2)34)29(41-31(36)22-13-9-6-10-14-22)27(32(24)3)23-15-16-25(37-4)26(17-23)40-30(35)21-11-7-5-8-12-21/h5-17,24,27-29H,18H2,1-4H3/t24-,27-,28-,29-/m0/s1. The van der Waals surface area contributed by atoms with E-state index in [1.165, 1.54) is 21.0 Å². The molecule has 0 amide bonds. The molecule has 3 aromatic rings. The van der Waals surface area contributed by atoms with Crippen molar-refractivity contribution in [3.63, 3.8) is 0 Å². The Labute approximate surface area is 237 Å². The van der Waals surface area contributed by atoms with Gasteiger partial charge in [-0.05, 0) is 49.0 Å². The molecule has 41 heavy (non-hydrogen) atoms. The molecule has 3 aromatic carbocycles. The van der Waals surface area contributed by atoms with Crippen LogP contribution in [-0.4, -0.2) is 67.8 Å². The molecule has 0 spiro atoms. The normalized spacial score (nSPS) is 20.1. The number of likely N-dealkylation sites (tertiary alicyclic amines) is 1. The lowest BCUT2D eigenvalue weighted by Crippen LogP contribution is -2.42. The molecule has 1 saturated heterocycles. The number of hydrogen-bond donors (Lipinski definition) is 0. The molecular weight excluding hydrogens is 530 g/mol. The van der Waals surface area contributed by atoms with Crippen LogP contribution in [0.25, 0.3) is 0 Å². The van der Waals surface area contributed by atoms with E-state index < -0.39 is 48.2 Å². The summed E-state index contributed by atoms with van der Waals surface area (Å²) in [5.41, 5.74) is 1.24. The Morgan fingerprint density at radius 2 is 1.34 bits per heavy atom. The van der Waals surface area contributed by atoms with Crippen LogP contribution in [0.4, 0.5) is 0 Å². The summed E-state index contributed by atoms with van der Waals surface area (Å²) in [6.45, 7) is 2.41. The number of benzene rings is 3. The van der Waals surface area contributed by atoms with Crippen molar-refractivity contribution in [2.45, 2.75) is 38.1 Å². The fraction of sp³-hybridized carbons (Fsp3) is 0.290. The zero-order valence-corrected chi connectivity index (χ0v) is 23.1. The number of likely N-dealkylation sites (N-methyl/N-ethyl adjacent to an activating group) is 1. The molecule has 4 atom stereocenters. The van der Waals surface area contributed by atoms with Gasteiger partial charge in [-0.2, -0.15) is 0 Å². The van der Waals surface area contributed by atoms with Crippen molar-refractivity contribution in [1.29, 1.82) is 0 Å². The average Bonchev–Trinajstić information content (AvgIpc) is 3.21. The second kappa shape index (κ2) is 13.1. The highest BCUT2D eigenvalue weighted by Crippen LogP contribution is 2.42. The van der Waals surface area contributed by atoms with Gasteiger partial charge >= 0.3 is 23.9 Å². The molecule has 0 unspecified atom stereocenters. The van der Waals surface area contributed by atoms with E-state index in [2.05, 4.69) is 0 Å². The number of methoxy groups -OCH3 is 1. The predicted octanol–water partition coefficient (Wildman–Crippen LogP) is 3.99. The number of hydrogen-bond acceptors (Lipinski definition) is 10. The van der Waals surface area contributed by atoms with Crippen LogP contribution in [0, 0.1) is 0 Å². The molecule has 0 bridgehead atoms. The number of carbonyl (C=O) groups is 4. The van der Waals surface area contributed by atoms with Gasteiger partial charge in [0.05, 0.1) is 30.3 Å². The van der Waals surface area contributed by atoms with Crippen molar-refractivity contribution < 1.29 is 42.9 Å². The van der Waals surface area contributed by atoms with Gasteiger partial charge in [0.15, 0.2) is 23.7 Å². The Hall–Kier alpha value is -4.70. The Kier molecular flexibility index (Phi) is 9.36. The second-order valence-electron chi connectivity index (χ2n) is 9.46. The number of carbonyl (C=O) groups excluding carboxylic acids is 4. The van der Waals surface area contributed by atoms with Crippen LogP contribution in [0.2, 0.25) is 0 Å². The van der Waals surface area contributed by atoms with Gasteiger partial charge in [0.2, 0.25) is 0 Å². The SMILES string of the molecule is COc1ccc([C@H]2[C@H](OC(=O)c3ccccc3)[C@@H](OC(C)=O)[C@H](COC(C)=O)N2C)cc1OC(=O)c1ccccc1. The maximum absolute atomic E-state index is 13.2. The molecule has 0 saturated carbocycles. The summed E-state index contributed by atoms with van der Waals surface area (Å²) >= 11 is 0. The second-order valence-corrected chi connectivity index (χ2v) is 9.46. The van der Waals surface area contributed by atoms with Crippen LogP contribution >= 0.6 is 0 Å². The Bertz CT molecular complexity index is 1390. The third-order valence-corrected chi connectivity index (χ3v) is 6.73. The smallest absolute Gasteiger partial charge is 0.343 e. The molecule has 1 heterocycles. The van der Waals surface area contributed by atoms with E-state index in [-0.39, 0.29) is 12.4 Å². The number of rotatable bonds is 9. The lowest BCUT2D eigenvalue weighted by Gasteiger charge is -2.27. The van der Waals surface area contributed by atoms with Gasteiger partial charge in [-0.1, -0.05) is 42.5 Å². The molecule has 0 aromatic heterocycles. The van der Waals surface area contributed by atoms with Crippen molar-refractivity contribution in [1.82, 2.24) is 4.90 Å². The first-order valence-corrected chi connectivity index (χ1v) is 12.9. The summed E-state index contributed by atoms with van der Waals surface area (Å²) in [6, 6.07) is 20.6. The van der Waals surface area contributed by atoms with Crippen LogP contribution in [0.1, 0.15) is 46.2 Å². The fourth-order valence-corrected chi connectivity index (χ4v) is 4.83. The summed E-state index contributed by atoms with van der Waals surface area (Å²) in [5, 5.41) is 0. The molecule has 4 rings (SSSR count). The van der Waals surface area contributed by atoms with E-state index in [1.807, 2.05) is 4.90 Å². The molecule has 1 aliphatic heterocycles. The molecule has 1 fully saturated rings. The summed E-state index contributed by atoms with van der Waals surface area (Å²) in [4.78, 5) is 51.7. The highest BCUT2D eigenvalue weighted by Gasteiger charge is 2.53. The molecule has 10 nitrogen and oxygen atoms in total. The van der Waals surface area contributed by atoms with E-state index in [0.717, 1.165) is 0 Å². The van der Waals surface area contributed by atoms with Crippen LogP contribution in [-0.2, 0) is 23.8 Å². The molecule has 10 heteroatoms. The lowest BCUT2D eigenvalue weighted by atomic mass is 9.99. The fourth-order valence-electron chi connectivity index (χ4n) is 4.83. The third-order valence-electron chi connectivity index (χ3n) is 6.73.